The molecule has 1 aliphatic rings. The van der Waals surface area contributed by atoms with Crippen molar-refractivity contribution >= 4 is 9.84 Å². The lowest BCUT2D eigenvalue weighted by atomic mass is 9.84. The average Bonchev–Trinajstić information content (AvgIpc) is 2.35. The predicted molar refractivity (Wildman–Crippen MR) is 85.8 cm³/mol. The fourth-order valence-electron chi connectivity index (χ4n) is 2.78. The molecule has 0 aromatic rings. The fourth-order valence-corrected chi connectivity index (χ4v) is 4.12. The van der Waals surface area contributed by atoms with Crippen molar-refractivity contribution in [3.8, 4) is 0 Å². The highest BCUT2D eigenvalue weighted by atomic mass is 32.2. The number of hydrogen-bond acceptors (Lipinski definition) is 4. The highest BCUT2D eigenvalue weighted by Gasteiger charge is 2.33. The van der Waals surface area contributed by atoms with E-state index in [4.69, 9.17) is 0 Å². The molecule has 1 aliphatic heterocycles. The monoisotopic (exact) mass is 304 g/mol. The van der Waals surface area contributed by atoms with Gasteiger partial charge in [0.25, 0.3) is 0 Å². The van der Waals surface area contributed by atoms with Crippen molar-refractivity contribution in [1.29, 1.82) is 0 Å². The second kappa shape index (κ2) is 7.23. The van der Waals surface area contributed by atoms with Crippen LogP contribution >= 0.6 is 0 Å². The van der Waals surface area contributed by atoms with E-state index in [9.17, 15) is 8.42 Å². The topological polar surface area (TPSA) is 49.4 Å². The van der Waals surface area contributed by atoms with Gasteiger partial charge in [-0.05, 0) is 18.3 Å². The van der Waals surface area contributed by atoms with Crippen LogP contribution in [0, 0.1) is 5.41 Å². The number of sulfone groups is 1. The zero-order chi connectivity index (χ0) is 15.4. The third-order valence-corrected chi connectivity index (χ3v) is 6.09. The quantitative estimate of drug-likeness (QED) is 0.814. The maximum absolute atomic E-state index is 11.9. The minimum absolute atomic E-state index is 0.208. The summed E-state index contributed by atoms with van der Waals surface area (Å²) >= 11 is 0. The first-order chi connectivity index (χ1) is 9.19. The maximum atomic E-state index is 11.9. The van der Waals surface area contributed by atoms with Crippen LogP contribution in [-0.4, -0.2) is 56.5 Å². The zero-order valence-electron chi connectivity index (χ0n) is 13.8. The van der Waals surface area contributed by atoms with Crippen molar-refractivity contribution in [1.82, 2.24) is 10.2 Å². The van der Waals surface area contributed by atoms with E-state index in [1.807, 2.05) is 6.92 Å². The Hall–Kier alpha value is -0.130. The lowest BCUT2D eigenvalue weighted by Gasteiger charge is -2.45. The Bertz CT molecular complexity index is 387. The van der Waals surface area contributed by atoms with Gasteiger partial charge in [-0.1, -0.05) is 34.6 Å². The lowest BCUT2D eigenvalue weighted by Crippen LogP contribution is -2.60. The summed E-state index contributed by atoms with van der Waals surface area (Å²) in [5, 5.41) is 3.62. The molecule has 0 aromatic carbocycles. The molecule has 2 unspecified atom stereocenters. The smallest absolute Gasteiger partial charge is 0.151 e. The van der Waals surface area contributed by atoms with Crippen molar-refractivity contribution in [3.05, 3.63) is 0 Å². The standard InChI is InChI=1S/C15H32N2O2S/c1-6-9-20(18,19)10-8-17-12-14(15(3,4)5)16-11-13(17)7-2/h13-14,16H,6-12H2,1-5H3. The molecular formula is C15H32N2O2S. The number of nitrogens with zero attached hydrogens (tertiary/aromatic N) is 1. The van der Waals surface area contributed by atoms with Crippen LogP contribution in [0.25, 0.3) is 0 Å². The molecule has 5 heteroatoms. The van der Waals surface area contributed by atoms with Crippen LogP contribution in [0.15, 0.2) is 0 Å². The molecule has 0 aliphatic carbocycles. The summed E-state index contributed by atoms with van der Waals surface area (Å²) < 4.78 is 23.8. The van der Waals surface area contributed by atoms with Crippen molar-refractivity contribution < 1.29 is 8.42 Å². The Balaban J connectivity index is 2.64. The first kappa shape index (κ1) is 17.9. The molecule has 0 aromatic heterocycles. The molecule has 0 bridgehead atoms. The molecule has 2 atom stereocenters. The van der Waals surface area contributed by atoms with E-state index in [0.717, 1.165) is 19.5 Å². The number of piperazine rings is 1. The van der Waals surface area contributed by atoms with Crippen LogP contribution in [-0.2, 0) is 9.84 Å². The Morgan fingerprint density at radius 3 is 2.35 bits per heavy atom. The van der Waals surface area contributed by atoms with Gasteiger partial charge in [-0.3, -0.25) is 4.90 Å². The van der Waals surface area contributed by atoms with Gasteiger partial charge >= 0.3 is 0 Å². The normalized spacial score (nSPS) is 25.9. The fraction of sp³-hybridized carbons (Fsp3) is 1.00. The van der Waals surface area contributed by atoms with Gasteiger partial charge in [-0.15, -0.1) is 0 Å². The lowest BCUT2D eigenvalue weighted by molar-refractivity contribution is 0.0890. The molecule has 1 saturated heterocycles. The Morgan fingerprint density at radius 1 is 1.20 bits per heavy atom. The van der Waals surface area contributed by atoms with E-state index in [1.54, 1.807) is 0 Å². The molecule has 0 saturated carbocycles. The molecule has 1 fully saturated rings. The van der Waals surface area contributed by atoms with Gasteiger partial charge in [-0.2, -0.15) is 0 Å². The van der Waals surface area contributed by atoms with Crippen LogP contribution in [0.3, 0.4) is 0 Å². The second-order valence-corrected chi connectivity index (χ2v) is 9.34. The average molecular weight is 305 g/mol. The van der Waals surface area contributed by atoms with E-state index in [0.29, 0.717) is 36.6 Å². The Labute approximate surface area is 125 Å². The molecule has 120 valence electrons. The third-order valence-electron chi connectivity index (χ3n) is 4.25. The largest absolute Gasteiger partial charge is 0.311 e. The molecule has 1 heterocycles. The summed E-state index contributed by atoms with van der Waals surface area (Å²) in [4.78, 5) is 2.37. The van der Waals surface area contributed by atoms with Crippen LogP contribution in [0.4, 0.5) is 0 Å². The van der Waals surface area contributed by atoms with E-state index in [2.05, 4.69) is 37.9 Å². The molecule has 4 nitrogen and oxygen atoms in total. The SMILES string of the molecule is CCCS(=O)(=O)CCN1CC(C(C)(C)C)NCC1CC. The van der Waals surface area contributed by atoms with Gasteiger partial charge in [0.15, 0.2) is 9.84 Å². The third kappa shape index (κ3) is 5.34. The molecule has 20 heavy (non-hydrogen) atoms. The minimum Gasteiger partial charge on any atom is -0.311 e. The van der Waals surface area contributed by atoms with Gasteiger partial charge in [0.1, 0.15) is 0 Å². The van der Waals surface area contributed by atoms with Crippen molar-refractivity contribution in [3.63, 3.8) is 0 Å². The van der Waals surface area contributed by atoms with Crippen LogP contribution in [0.1, 0.15) is 47.5 Å². The summed E-state index contributed by atoms with van der Waals surface area (Å²) in [6.07, 6.45) is 1.78. The van der Waals surface area contributed by atoms with Gasteiger partial charge in [0.2, 0.25) is 0 Å². The minimum atomic E-state index is -2.88. The van der Waals surface area contributed by atoms with Crippen LogP contribution < -0.4 is 5.32 Å². The van der Waals surface area contributed by atoms with E-state index >= 15 is 0 Å². The van der Waals surface area contributed by atoms with Gasteiger partial charge < -0.3 is 5.32 Å². The van der Waals surface area contributed by atoms with E-state index < -0.39 is 9.84 Å². The Morgan fingerprint density at radius 2 is 1.85 bits per heavy atom. The molecule has 0 amide bonds. The van der Waals surface area contributed by atoms with Crippen LogP contribution in [0.5, 0.6) is 0 Å². The molecule has 1 rings (SSSR count). The molecular weight excluding hydrogens is 272 g/mol. The molecule has 0 radical (unpaired) electrons. The number of nitrogens with one attached hydrogen (secondary N) is 1. The van der Waals surface area contributed by atoms with Crippen molar-refractivity contribution in [2.75, 3.05) is 31.1 Å². The second-order valence-electron chi connectivity index (χ2n) is 7.04. The maximum Gasteiger partial charge on any atom is 0.151 e. The van der Waals surface area contributed by atoms with Crippen molar-refractivity contribution in [2.45, 2.75) is 59.5 Å². The van der Waals surface area contributed by atoms with E-state index in [-0.39, 0.29) is 5.41 Å². The summed E-state index contributed by atoms with van der Waals surface area (Å²) in [6, 6.07) is 0.893. The summed E-state index contributed by atoms with van der Waals surface area (Å²) in [5.74, 6) is 0.618. The van der Waals surface area contributed by atoms with Gasteiger partial charge in [0.05, 0.1) is 5.75 Å². The van der Waals surface area contributed by atoms with E-state index in [1.165, 1.54) is 0 Å². The van der Waals surface area contributed by atoms with Crippen molar-refractivity contribution in [2.24, 2.45) is 5.41 Å². The van der Waals surface area contributed by atoms with Gasteiger partial charge in [0, 0.05) is 37.5 Å². The zero-order valence-corrected chi connectivity index (χ0v) is 14.6. The first-order valence-electron chi connectivity index (χ1n) is 7.87. The molecule has 1 N–H and O–H groups in total. The summed E-state index contributed by atoms with van der Waals surface area (Å²) in [7, 11) is -2.88. The predicted octanol–water partition coefficient (Wildman–Crippen LogP) is 1.91. The summed E-state index contributed by atoms with van der Waals surface area (Å²) in [6.45, 7) is 13.4. The number of rotatable bonds is 6. The highest BCUT2D eigenvalue weighted by Crippen LogP contribution is 2.24. The van der Waals surface area contributed by atoms with Crippen LogP contribution in [0.2, 0.25) is 0 Å². The Kier molecular flexibility index (Phi) is 6.48. The molecule has 0 spiro atoms. The number of hydrogen-bond donors (Lipinski definition) is 1. The summed E-state index contributed by atoms with van der Waals surface area (Å²) in [5.41, 5.74) is 0.208. The van der Waals surface area contributed by atoms with Gasteiger partial charge in [-0.25, -0.2) is 8.42 Å². The first-order valence-corrected chi connectivity index (χ1v) is 9.69. The highest BCUT2D eigenvalue weighted by molar-refractivity contribution is 7.91.